The summed E-state index contributed by atoms with van der Waals surface area (Å²) in [7, 11) is -3.91. The largest absolute Gasteiger partial charge is 0.366 e. The Hall–Kier alpha value is -4.34. The number of primary amides is 1. The summed E-state index contributed by atoms with van der Waals surface area (Å²) in [5, 5.41) is 8.96. The summed E-state index contributed by atoms with van der Waals surface area (Å²) in [6.45, 7) is 1.87. The van der Waals surface area contributed by atoms with Gasteiger partial charge in [0, 0.05) is 17.3 Å². The fourth-order valence-corrected chi connectivity index (χ4v) is 4.71. The molecule has 8 nitrogen and oxygen atoms in total. The van der Waals surface area contributed by atoms with E-state index in [4.69, 9.17) is 16.7 Å². The molecule has 6 N–H and O–H groups in total. The lowest BCUT2D eigenvalue weighted by molar-refractivity contribution is 0.100. The maximum absolute atomic E-state index is 12.5. The highest BCUT2D eigenvalue weighted by molar-refractivity contribution is 7.89. The van der Waals surface area contributed by atoms with Gasteiger partial charge in [-0.3, -0.25) is 9.78 Å². The van der Waals surface area contributed by atoms with E-state index in [1.54, 1.807) is 48.7 Å². The number of amides is 1. The molecule has 0 saturated carbocycles. The molecule has 0 aliphatic heterocycles. The lowest BCUT2D eigenvalue weighted by Gasteiger charge is -2.14. The van der Waals surface area contributed by atoms with E-state index in [2.05, 4.69) is 10.1 Å². The van der Waals surface area contributed by atoms with Crippen LogP contribution in [0.25, 0.3) is 33.5 Å². The summed E-state index contributed by atoms with van der Waals surface area (Å²) >= 11 is 0. The molecule has 0 aliphatic carbocycles. The molecule has 0 saturated heterocycles. The van der Waals surface area contributed by atoms with Gasteiger partial charge in [-0.1, -0.05) is 60.2 Å². The zero-order valence-corrected chi connectivity index (χ0v) is 19.7. The zero-order valence-electron chi connectivity index (χ0n) is 18.8. The molecule has 0 atom stereocenters. The number of aryl methyl sites for hydroxylation is 1. The van der Waals surface area contributed by atoms with Crippen LogP contribution in [0.4, 0.5) is 0 Å². The third-order valence-electron chi connectivity index (χ3n) is 5.53. The smallest absolute Gasteiger partial charge is 0.251 e. The third kappa shape index (κ3) is 4.96. The van der Waals surface area contributed by atoms with Crippen LogP contribution in [-0.2, 0) is 10.0 Å². The molecule has 4 rings (SSSR count). The van der Waals surface area contributed by atoms with Crippen LogP contribution in [0.1, 0.15) is 21.5 Å². The number of benzene rings is 3. The molecular weight excluding hydrogens is 462 g/mol. The van der Waals surface area contributed by atoms with Crippen molar-refractivity contribution >= 4 is 22.1 Å². The summed E-state index contributed by atoms with van der Waals surface area (Å²) in [5.41, 5.74) is 11.3. The van der Waals surface area contributed by atoms with E-state index in [1.807, 2.05) is 31.2 Å². The second-order valence-electron chi connectivity index (χ2n) is 7.97. The molecule has 0 aliphatic rings. The Morgan fingerprint density at radius 1 is 0.914 bits per heavy atom. The fourth-order valence-electron chi connectivity index (χ4n) is 3.97. The number of hydrazone groups is 1. The molecule has 9 heteroatoms. The normalized spacial score (nSPS) is 11.6. The Labute approximate surface area is 203 Å². The number of hydrogen-bond donors (Lipinski definition) is 3. The number of carbonyl (C=O) groups excluding carboxylic acids is 1. The van der Waals surface area contributed by atoms with E-state index in [1.165, 1.54) is 12.3 Å². The number of primary sulfonamides is 1. The van der Waals surface area contributed by atoms with Crippen molar-refractivity contribution in [1.82, 2.24) is 4.98 Å². The molecule has 0 spiro atoms. The van der Waals surface area contributed by atoms with Gasteiger partial charge in [0.05, 0.1) is 22.4 Å². The van der Waals surface area contributed by atoms with Crippen molar-refractivity contribution in [2.45, 2.75) is 11.8 Å². The van der Waals surface area contributed by atoms with Gasteiger partial charge < -0.3 is 11.6 Å². The van der Waals surface area contributed by atoms with Crippen LogP contribution in [0.2, 0.25) is 0 Å². The van der Waals surface area contributed by atoms with Crippen LogP contribution in [-0.4, -0.2) is 25.5 Å². The van der Waals surface area contributed by atoms with Crippen LogP contribution in [0, 0.1) is 6.92 Å². The van der Waals surface area contributed by atoms with Crippen molar-refractivity contribution in [3.8, 4) is 33.5 Å². The summed E-state index contributed by atoms with van der Waals surface area (Å²) in [6, 6.07) is 21.1. The van der Waals surface area contributed by atoms with Crippen molar-refractivity contribution < 1.29 is 13.2 Å². The summed E-state index contributed by atoms with van der Waals surface area (Å²) in [6.07, 6.45) is 3.10. The Morgan fingerprint density at radius 3 is 2.23 bits per heavy atom. The van der Waals surface area contributed by atoms with E-state index in [-0.39, 0.29) is 10.5 Å². The highest BCUT2D eigenvalue weighted by Crippen LogP contribution is 2.33. The Bertz CT molecular complexity index is 1560. The number of nitrogens with two attached hydrogens (primary N) is 3. The molecule has 0 unspecified atom stereocenters. The van der Waals surface area contributed by atoms with Crippen LogP contribution in [0.15, 0.2) is 89.0 Å². The quantitative estimate of drug-likeness (QED) is 0.217. The van der Waals surface area contributed by atoms with Gasteiger partial charge in [-0.2, -0.15) is 5.10 Å². The van der Waals surface area contributed by atoms with Crippen LogP contribution in [0.3, 0.4) is 0 Å². The fraction of sp³-hybridized carbons (Fsp3) is 0.0385. The van der Waals surface area contributed by atoms with Crippen molar-refractivity contribution in [3.05, 3.63) is 95.7 Å². The predicted molar refractivity (Wildman–Crippen MR) is 137 cm³/mol. The molecule has 1 heterocycles. The van der Waals surface area contributed by atoms with Crippen LogP contribution in [0.5, 0.6) is 0 Å². The Morgan fingerprint density at radius 2 is 1.60 bits per heavy atom. The van der Waals surface area contributed by atoms with Crippen LogP contribution < -0.4 is 16.7 Å². The molecule has 0 radical (unpaired) electrons. The molecule has 35 heavy (non-hydrogen) atoms. The highest BCUT2D eigenvalue weighted by Gasteiger charge is 2.19. The van der Waals surface area contributed by atoms with Crippen molar-refractivity contribution in [2.75, 3.05) is 0 Å². The molecule has 1 amide bonds. The van der Waals surface area contributed by atoms with Gasteiger partial charge in [0.1, 0.15) is 0 Å². The minimum atomic E-state index is -3.91. The predicted octanol–water partition coefficient (Wildman–Crippen LogP) is 3.43. The number of pyridine rings is 1. The van der Waals surface area contributed by atoms with E-state index >= 15 is 0 Å². The number of hydrogen-bond acceptors (Lipinski definition) is 6. The molecular formula is C26H23N5O3S. The minimum Gasteiger partial charge on any atom is -0.366 e. The maximum atomic E-state index is 12.5. The van der Waals surface area contributed by atoms with Gasteiger partial charge in [0.2, 0.25) is 10.0 Å². The van der Waals surface area contributed by atoms with Gasteiger partial charge in [0.15, 0.2) is 0 Å². The molecule has 3 aromatic carbocycles. The SMILES string of the molecule is Cc1ccc(S(N)(=O)=O)c(-c2ccc(-c3ccnc(-c4cccc(C=NN)c4)c3C(N)=O)cc2)c1. The molecule has 176 valence electrons. The van der Waals surface area contributed by atoms with Crippen molar-refractivity contribution in [2.24, 2.45) is 21.8 Å². The molecule has 4 aromatic rings. The third-order valence-corrected chi connectivity index (χ3v) is 6.50. The van der Waals surface area contributed by atoms with E-state index in [0.29, 0.717) is 27.9 Å². The topological polar surface area (TPSA) is 155 Å². The van der Waals surface area contributed by atoms with E-state index in [0.717, 1.165) is 16.7 Å². The van der Waals surface area contributed by atoms with Crippen molar-refractivity contribution in [3.63, 3.8) is 0 Å². The first-order chi connectivity index (χ1) is 16.7. The molecule has 0 fully saturated rings. The first kappa shape index (κ1) is 23.8. The van der Waals surface area contributed by atoms with Gasteiger partial charge in [-0.15, -0.1) is 0 Å². The van der Waals surface area contributed by atoms with Gasteiger partial charge in [0.25, 0.3) is 5.91 Å². The summed E-state index contributed by atoms with van der Waals surface area (Å²) in [4.78, 5) is 17.0. The highest BCUT2D eigenvalue weighted by atomic mass is 32.2. The van der Waals surface area contributed by atoms with Gasteiger partial charge >= 0.3 is 0 Å². The minimum absolute atomic E-state index is 0.0424. The lowest BCUT2D eigenvalue weighted by Crippen LogP contribution is -2.15. The monoisotopic (exact) mass is 485 g/mol. The molecule has 1 aromatic heterocycles. The summed E-state index contributed by atoms with van der Waals surface area (Å²) in [5.74, 6) is 4.64. The second-order valence-corrected chi connectivity index (χ2v) is 9.50. The van der Waals surface area contributed by atoms with E-state index < -0.39 is 15.9 Å². The number of rotatable bonds is 6. The van der Waals surface area contributed by atoms with Crippen molar-refractivity contribution in [1.29, 1.82) is 0 Å². The number of carbonyl (C=O) groups is 1. The van der Waals surface area contributed by atoms with Gasteiger partial charge in [-0.25, -0.2) is 13.6 Å². The Kier molecular flexibility index (Phi) is 6.46. The maximum Gasteiger partial charge on any atom is 0.251 e. The average Bonchev–Trinajstić information content (AvgIpc) is 2.83. The van der Waals surface area contributed by atoms with Gasteiger partial charge in [-0.05, 0) is 47.4 Å². The number of sulfonamides is 1. The number of nitrogens with zero attached hydrogens (tertiary/aromatic N) is 2. The Balaban J connectivity index is 1.83. The lowest BCUT2D eigenvalue weighted by atomic mass is 9.93. The summed E-state index contributed by atoms with van der Waals surface area (Å²) < 4.78 is 24.2. The first-order valence-corrected chi connectivity index (χ1v) is 12.1. The first-order valence-electron chi connectivity index (χ1n) is 10.6. The van der Waals surface area contributed by atoms with E-state index in [9.17, 15) is 13.2 Å². The standard InChI is InChI=1S/C26H23N5O3S/c1-16-5-10-23(35(29,33)34)22(13-16)19-8-6-18(7-9-19)21-11-12-30-25(24(21)26(27)32)20-4-2-3-17(14-20)15-31-28/h2-15H,28H2,1H3,(H2,27,32)(H2,29,33,34). The molecule has 0 bridgehead atoms. The zero-order chi connectivity index (χ0) is 25.2. The average molecular weight is 486 g/mol. The number of aromatic nitrogens is 1. The van der Waals surface area contributed by atoms with Crippen LogP contribution >= 0.6 is 0 Å². The second kappa shape index (κ2) is 9.49.